The lowest BCUT2D eigenvalue weighted by Crippen LogP contribution is -2.43. The fourth-order valence-corrected chi connectivity index (χ4v) is 3.13. The summed E-state index contributed by atoms with van der Waals surface area (Å²) in [5, 5.41) is 6.87. The van der Waals surface area contributed by atoms with Crippen LogP contribution >= 0.6 is 0 Å². The van der Waals surface area contributed by atoms with E-state index in [9.17, 15) is 0 Å². The number of hydrogen-bond donors (Lipinski definition) is 2. The molecule has 1 aromatic carbocycles. The smallest absolute Gasteiger partial charge is 0.0208 e. The third-order valence-electron chi connectivity index (χ3n) is 4.31. The molecule has 19 heavy (non-hydrogen) atoms. The normalized spacial score (nSPS) is 20.2. The second-order valence-electron chi connectivity index (χ2n) is 5.73. The molecule has 0 unspecified atom stereocenters. The fourth-order valence-electron chi connectivity index (χ4n) is 3.13. The topological polar surface area (TPSA) is 27.3 Å². The molecule has 0 spiro atoms. The van der Waals surface area contributed by atoms with Crippen LogP contribution in [-0.4, -0.2) is 44.2 Å². The van der Waals surface area contributed by atoms with E-state index in [0.717, 1.165) is 26.2 Å². The Hall–Kier alpha value is -0.900. The highest BCUT2D eigenvalue weighted by Gasteiger charge is 2.10. The van der Waals surface area contributed by atoms with E-state index in [2.05, 4.69) is 33.7 Å². The van der Waals surface area contributed by atoms with Gasteiger partial charge in [0.2, 0.25) is 0 Å². The van der Waals surface area contributed by atoms with Crippen LogP contribution in [-0.2, 0) is 19.4 Å². The Labute approximate surface area is 116 Å². The third-order valence-corrected chi connectivity index (χ3v) is 4.31. The number of fused-ring (bicyclic) bond motifs is 1. The highest BCUT2D eigenvalue weighted by Crippen LogP contribution is 2.17. The van der Waals surface area contributed by atoms with Crippen LogP contribution in [0.15, 0.2) is 18.2 Å². The van der Waals surface area contributed by atoms with Gasteiger partial charge in [0, 0.05) is 32.7 Å². The molecule has 3 nitrogen and oxygen atoms in total. The molecule has 0 radical (unpaired) electrons. The molecule has 2 aliphatic heterocycles. The minimum atomic E-state index is 1.06. The van der Waals surface area contributed by atoms with Crippen LogP contribution in [0.1, 0.15) is 23.1 Å². The molecule has 1 fully saturated rings. The van der Waals surface area contributed by atoms with E-state index < -0.39 is 0 Å². The van der Waals surface area contributed by atoms with E-state index in [4.69, 9.17) is 0 Å². The molecule has 2 heterocycles. The van der Waals surface area contributed by atoms with Crippen LogP contribution in [0.3, 0.4) is 0 Å². The van der Waals surface area contributed by atoms with Gasteiger partial charge in [-0.05, 0) is 49.0 Å². The molecular formula is C16H25N3. The van der Waals surface area contributed by atoms with Gasteiger partial charge in [-0.25, -0.2) is 0 Å². The lowest BCUT2D eigenvalue weighted by molar-refractivity contribution is 0.238. The molecule has 2 aliphatic rings. The Balaban J connectivity index is 1.49. The molecule has 0 aliphatic carbocycles. The first-order chi connectivity index (χ1) is 9.42. The number of piperazine rings is 1. The van der Waals surface area contributed by atoms with Crippen LogP contribution in [0, 0.1) is 0 Å². The summed E-state index contributed by atoms with van der Waals surface area (Å²) in [5.41, 5.74) is 4.58. The first-order valence-corrected chi connectivity index (χ1v) is 7.66. The van der Waals surface area contributed by atoms with Crippen molar-refractivity contribution in [2.75, 3.05) is 39.3 Å². The zero-order valence-electron chi connectivity index (χ0n) is 11.8. The standard InChI is InChI=1S/C16H25N3/c1(9-19-10-7-17-8-11-19)2-14-3-4-15-5-6-18-13-16(15)12-14/h3-4,12,17-18H,1-2,5-11,13H2. The van der Waals surface area contributed by atoms with Gasteiger partial charge in [0.15, 0.2) is 0 Å². The van der Waals surface area contributed by atoms with Gasteiger partial charge >= 0.3 is 0 Å². The number of benzene rings is 1. The SMILES string of the molecule is c1cc2c(cc1CCCN1CCNCC1)CNCC2. The third kappa shape index (κ3) is 3.56. The van der Waals surface area contributed by atoms with E-state index in [1.165, 1.54) is 50.0 Å². The summed E-state index contributed by atoms with van der Waals surface area (Å²) in [4.78, 5) is 2.58. The lowest BCUT2D eigenvalue weighted by Gasteiger charge is -2.27. The maximum atomic E-state index is 3.46. The highest BCUT2D eigenvalue weighted by atomic mass is 15.2. The lowest BCUT2D eigenvalue weighted by atomic mass is 9.97. The van der Waals surface area contributed by atoms with Gasteiger partial charge in [0.1, 0.15) is 0 Å². The quantitative estimate of drug-likeness (QED) is 0.850. The van der Waals surface area contributed by atoms with Crippen molar-refractivity contribution in [2.24, 2.45) is 0 Å². The van der Waals surface area contributed by atoms with Crippen molar-refractivity contribution in [1.29, 1.82) is 0 Å². The van der Waals surface area contributed by atoms with Gasteiger partial charge in [-0.1, -0.05) is 18.2 Å². The summed E-state index contributed by atoms with van der Waals surface area (Å²) in [5.74, 6) is 0. The predicted octanol–water partition coefficient (Wildman–Crippen LogP) is 1.17. The summed E-state index contributed by atoms with van der Waals surface area (Å²) in [6.45, 7) is 8.19. The minimum Gasteiger partial charge on any atom is -0.314 e. The molecular weight excluding hydrogens is 234 g/mol. The Morgan fingerprint density at radius 3 is 2.79 bits per heavy atom. The van der Waals surface area contributed by atoms with Gasteiger partial charge in [0.05, 0.1) is 0 Å². The van der Waals surface area contributed by atoms with Crippen molar-refractivity contribution >= 4 is 0 Å². The van der Waals surface area contributed by atoms with Crippen molar-refractivity contribution in [1.82, 2.24) is 15.5 Å². The fraction of sp³-hybridized carbons (Fsp3) is 0.625. The maximum absolute atomic E-state index is 3.46. The molecule has 0 amide bonds. The van der Waals surface area contributed by atoms with Crippen molar-refractivity contribution in [3.05, 3.63) is 34.9 Å². The Kier molecular flexibility index (Phi) is 4.49. The van der Waals surface area contributed by atoms with Crippen molar-refractivity contribution < 1.29 is 0 Å². The van der Waals surface area contributed by atoms with Gasteiger partial charge < -0.3 is 15.5 Å². The second-order valence-corrected chi connectivity index (χ2v) is 5.73. The molecule has 0 bridgehead atoms. The second kappa shape index (κ2) is 6.51. The average Bonchev–Trinajstić information content (AvgIpc) is 2.48. The number of nitrogens with zero attached hydrogens (tertiary/aromatic N) is 1. The Morgan fingerprint density at radius 2 is 1.89 bits per heavy atom. The Morgan fingerprint density at radius 1 is 1.00 bits per heavy atom. The number of hydrogen-bond acceptors (Lipinski definition) is 3. The van der Waals surface area contributed by atoms with Gasteiger partial charge in [-0.3, -0.25) is 0 Å². The molecule has 0 aromatic heterocycles. The molecule has 3 heteroatoms. The van der Waals surface area contributed by atoms with Crippen molar-refractivity contribution in [2.45, 2.75) is 25.8 Å². The molecule has 3 rings (SSSR count). The molecule has 0 saturated carbocycles. The zero-order valence-corrected chi connectivity index (χ0v) is 11.8. The van der Waals surface area contributed by atoms with E-state index in [0.29, 0.717) is 0 Å². The molecule has 1 saturated heterocycles. The Bertz CT molecular complexity index is 410. The van der Waals surface area contributed by atoms with E-state index in [-0.39, 0.29) is 0 Å². The molecule has 1 aromatic rings. The predicted molar refractivity (Wildman–Crippen MR) is 79.5 cm³/mol. The average molecular weight is 259 g/mol. The van der Waals surface area contributed by atoms with Gasteiger partial charge in [-0.15, -0.1) is 0 Å². The van der Waals surface area contributed by atoms with E-state index in [1.807, 2.05) is 0 Å². The maximum Gasteiger partial charge on any atom is 0.0208 e. The first-order valence-electron chi connectivity index (χ1n) is 7.66. The van der Waals surface area contributed by atoms with Crippen LogP contribution in [0.5, 0.6) is 0 Å². The van der Waals surface area contributed by atoms with E-state index >= 15 is 0 Å². The summed E-state index contributed by atoms with van der Waals surface area (Å²) >= 11 is 0. The summed E-state index contributed by atoms with van der Waals surface area (Å²) in [6, 6.07) is 7.09. The summed E-state index contributed by atoms with van der Waals surface area (Å²) < 4.78 is 0. The van der Waals surface area contributed by atoms with Gasteiger partial charge in [-0.2, -0.15) is 0 Å². The van der Waals surface area contributed by atoms with Crippen LogP contribution in [0.25, 0.3) is 0 Å². The van der Waals surface area contributed by atoms with Crippen molar-refractivity contribution in [3.63, 3.8) is 0 Å². The number of rotatable bonds is 4. The highest BCUT2D eigenvalue weighted by molar-refractivity contribution is 5.33. The van der Waals surface area contributed by atoms with Crippen LogP contribution in [0.4, 0.5) is 0 Å². The number of aryl methyl sites for hydroxylation is 1. The van der Waals surface area contributed by atoms with Crippen molar-refractivity contribution in [3.8, 4) is 0 Å². The minimum absolute atomic E-state index is 1.06. The molecule has 0 atom stereocenters. The zero-order chi connectivity index (χ0) is 12.9. The molecule has 2 N–H and O–H groups in total. The van der Waals surface area contributed by atoms with Crippen LogP contribution < -0.4 is 10.6 Å². The first kappa shape index (κ1) is 13.1. The largest absolute Gasteiger partial charge is 0.314 e. The monoisotopic (exact) mass is 259 g/mol. The van der Waals surface area contributed by atoms with E-state index in [1.54, 1.807) is 5.56 Å². The van der Waals surface area contributed by atoms with Gasteiger partial charge in [0.25, 0.3) is 0 Å². The van der Waals surface area contributed by atoms with Crippen LogP contribution in [0.2, 0.25) is 0 Å². The summed E-state index contributed by atoms with van der Waals surface area (Å²) in [7, 11) is 0. The summed E-state index contributed by atoms with van der Waals surface area (Å²) in [6.07, 6.45) is 3.69. The molecule has 104 valence electrons. The number of nitrogens with one attached hydrogen (secondary N) is 2.